The highest BCUT2D eigenvalue weighted by molar-refractivity contribution is 5.99. The van der Waals surface area contributed by atoms with E-state index in [1.807, 2.05) is 42.5 Å². The number of aryl methyl sites for hydroxylation is 1. The normalized spacial score (nSPS) is 11.6. The van der Waals surface area contributed by atoms with Gasteiger partial charge >= 0.3 is 12.2 Å². The maximum absolute atomic E-state index is 13.6. The lowest BCUT2D eigenvalue weighted by Crippen LogP contribution is -2.54. The van der Waals surface area contributed by atoms with Crippen LogP contribution < -0.4 is 42.0 Å². The quantitative estimate of drug-likeness (QED) is 0.00975. The molecule has 0 aliphatic rings. The summed E-state index contributed by atoms with van der Waals surface area (Å²) in [7, 11) is 0. The second kappa shape index (κ2) is 36.0. The van der Waals surface area contributed by atoms with E-state index >= 15 is 0 Å². The number of carbonyl (C=O) groups excluding carboxylic acids is 7. The first-order valence-corrected chi connectivity index (χ1v) is 26.4. The van der Waals surface area contributed by atoms with Gasteiger partial charge in [0.15, 0.2) is 0 Å². The van der Waals surface area contributed by atoms with E-state index in [1.165, 1.54) is 24.3 Å². The van der Waals surface area contributed by atoms with Crippen LogP contribution in [0.5, 0.6) is 5.75 Å². The van der Waals surface area contributed by atoms with Crippen molar-refractivity contribution in [2.45, 2.75) is 84.5 Å². The van der Waals surface area contributed by atoms with Gasteiger partial charge in [0.25, 0.3) is 5.69 Å². The lowest BCUT2D eigenvalue weighted by atomic mass is 10.0. The number of non-ortho nitro benzene ring substituents is 1. The van der Waals surface area contributed by atoms with Gasteiger partial charge in [-0.15, -0.1) is 0 Å². The molecule has 0 saturated carbocycles. The Bertz CT molecular complexity index is 2630. The summed E-state index contributed by atoms with van der Waals surface area (Å²) in [6.45, 7) is 12.1. The van der Waals surface area contributed by atoms with E-state index in [0.717, 1.165) is 28.8 Å². The summed E-state index contributed by atoms with van der Waals surface area (Å²) in [5, 5.41) is 24.3. The van der Waals surface area contributed by atoms with Crippen molar-refractivity contribution >= 4 is 64.9 Å². The lowest BCUT2D eigenvalue weighted by molar-refractivity contribution is -0.384. The number of nitro benzene ring substituents is 1. The van der Waals surface area contributed by atoms with Crippen LogP contribution >= 0.6 is 0 Å². The third kappa shape index (κ3) is 24.2. The summed E-state index contributed by atoms with van der Waals surface area (Å²) in [4.78, 5) is 102. The number of nitrogens with two attached hydrogens (primary N) is 1. The molecule has 0 heterocycles. The average Bonchev–Trinajstić information content (AvgIpc) is 3.44. The molecule has 0 spiro atoms. The largest absolute Gasteiger partial charge is 0.514 e. The standard InChI is InChI=1S/C57H74N8O15/c1-5-42-12-7-8-14-44(42)38-64(49-16-10-9-13-43(49)6-2)52(68)26-25-50(66)59-29-31-76-33-35-78-37-36-77-34-32-75-30-27-51(67)63-53(40(3)4)55(70)62-48(15-11-28-60-56(58)71)54(69)61-45-19-17-41(18-20-45)39-79-57(72)80-47-23-21-46(22-24-47)65(73)74/h6-10,12-14,16-24,40,48,53H,2,5,11,15,25-39H2,1,3-4H3,(H,59,66)(H,61,69)(H,62,70)(H,63,67)(H3,58,60,71)/t48-,53-/m0/s1. The molecule has 0 radical (unpaired) electrons. The summed E-state index contributed by atoms with van der Waals surface area (Å²) < 4.78 is 32.4. The minimum atomic E-state index is -1.08. The Labute approximate surface area is 465 Å². The Morgan fingerprint density at radius 1 is 0.700 bits per heavy atom. The number of carbonyl (C=O) groups is 7. The second-order valence-electron chi connectivity index (χ2n) is 18.3. The van der Waals surface area contributed by atoms with Crippen LogP contribution in [0.2, 0.25) is 0 Å². The van der Waals surface area contributed by atoms with E-state index in [2.05, 4.69) is 46.2 Å². The molecule has 4 rings (SSSR count). The number of nitrogens with one attached hydrogen (secondary N) is 5. The fourth-order valence-corrected chi connectivity index (χ4v) is 7.72. The Balaban J connectivity index is 1.06. The summed E-state index contributed by atoms with van der Waals surface area (Å²) in [5.41, 5.74) is 9.68. The van der Waals surface area contributed by atoms with Gasteiger partial charge in [0.1, 0.15) is 24.4 Å². The molecule has 80 heavy (non-hydrogen) atoms. The summed E-state index contributed by atoms with van der Waals surface area (Å²) in [5.74, 6) is -2.35. The van der Waals surface area contributed by atoms with E-state index < -0.39 is 46.9 Å². The van der Waals surface area contributed by atoms with Crippen LogP contribution in [0.4, 0.5) is 26.7 Å². The van der Waals surface area contributed by atoms with Gasteiger partial charge in [-0.25, -0.2) is 9.59 Å². The molecular formula is C57H74N8O15. The first-order chi connectivity index (χ1) is 38.6. The van der Waals surface area contributed by atoms with Crippen molar-refractivity contribution in [1.29, 1.82) is 0 Å². The third-order valence-corrected chi connectivity index (χ3v) is 12.0. The number of rotatable bonds is 37. The number of urea groups is 1. The van der Waals surface area contributed by atoms with Crippen LogP contribution in [0.3, 0.4) is 0 Å². The topological polar surface area (TPSA) is 307 Å². The van der Waals surface area contributed by atoms with E-state index in [4.69, 9.17) is 34.2 Å². The molecule has 0 aliphatic carbocycles. The summed E-state index contributed by atoms with van der Waals surface area (Å²) >= 11 is 0. The molecule has 0 saturated heterocycles. The van der Waals surface area contributed by atoms with Crippen molar-refractivity contribution in [2.75, 3.05) is 76.2 Å². The van der Waals surface area contributed by atoms with Crippen molar-refractivity contribution in [2.24, 2.45) is 11.7 Å². The molecule has 0 aromatic heterocycles. The number of primary amides is 1. The molecule has 4 aromatic carbocycles. The second-order valence-corrected chi connectivity index (χ2v) is 18.3. The highest BCUT2D eigenvalue weighted by Gasteiger charge is 2.29. The predicted molar refractivity (Wildman–Crippen MR) is 298 cm³/mol. The Morgan fingerprint density at radius 3 is 1.95 bits per heavy atom. The molecule has 23 heteroatoms. The van der Waals surface area contributed by atoms with Crippen molar-refractivity contribution in [3.05, 3.63) is 136 Å². The Hall–Kier alpha value is -8.25. The molecule has 4 aromatic rings. The molecule has 7 N–H and O–H groups in total. The first kappa shape index (κ1) is 64.3. The molecule has 23 nitrogen and oxygen atoms in total. The van der Waals surface area contributed by atoms with Crippen LogP contribution in [-0.4, -0.2) is 125 Å². The van der Waals surface area contributed by atoms with Gasteiger partial charge in [0.2, 0.25) is 29.5 Å². The molecule has 0 unspecified atom stereocenters. The number of benzene rings is 4. The number of hydrogen-bond donors (Lipinski definition) is 6. The van der Waals surface area contributed by atoms with E-state index in [1.54, 1.807) is 49.1 Å². The maximum Gasteiger partial charge on any atom is 0.514 e. The minimum absolute atomic E-state index is 0.0296. The van der Waals surface area contributed by atoms with Crippen LogP contribution in [0.25, 0.3) is 6.08 Å². The molecule has 432 valence electrons. The maximum atomic E-state index is 13.6. The molecule has 7 amide bonds. The summed E-state index contributed by atoms with van der Waals surface area (Å²) in [6.07, 6.45) is 1.91. The van der Waals surface area contributed by atoms with Gasteiger partial charge < -0.3 is 65.6 Å². The van der Waals surface area contributed by atoms with Gasteiger partial charge in [-0.1, -0.05) is 88.0 Å². The molecule has 0 fully saturated rings. The zero-order valence-electron chi connectivity index (χ0n) is 45.6. The zero-order chi connectivity index (χ0) is 58.1. The van der Waals surface area contributed by atoms with Gasteiger partial charge in [-0.05, 0) is 77.8 Å². The van der Waals surface area contributed by atoms with E-state index in [9.17, 15) is 43.7 Å². The van der Waals surface area contributed by atoms with E-state index in [-0.39, 0.29) is 107 Å². The fraction of sp³-hybridized carbons (Fsp3) is 0.421. The molecule has 2 atom stereocenters. The van der Waals surface area contributed by atoms with Crippen molar-refractivity contribution < 1.29 is 66.9 Å². The number of nitrogens with zero attached hydrogens (tertiary/aromatic N) is 2. The average molecular weight is 1110 g/mol. The van der Waals surface area contributed by atoms with Crippen molar-refractivity contribution in [1.82, 2.24) is 21.3 Å². The highest BCUT2D eigenvalue weighted by atomic mass is 16.7. The number of anilines is 2. The van der Waals surface area contributed by atoms with Gasteiger partial charge in [-0.3, -0.25) is 34.1 Å². The van der Waals surface area contributed by atoms with Crippen LogP contribution in [0.1, 0.15) is 75.1 Å². The minimum Gasteiger partial charge on any atom is -0.429 e. The van der Waals surface area contributed by atoms with Gasteiger partial charge in [-0.2, -0.15) is 0 Å². The van der Waals surface area contributed by atoms with Crippen LogP contribution in [0.15, 0.2) is 104 Å². The lowest BCUT2D eigenvalue weighted by Gasteiger charge is -2.26. The first-order valence-electron chi connectivity index (χ1n) is 26.4. The van der Waals surface area contributed by atoms with Gasteiger partial charge in [0, 0.05) is 50.2 Å². The number of nitro groups is 1. The van der Waals surface area contributed by atoms with Crippen LogP contribution in [0, 0.1) is 16.0 Å². The summed E-state index contributed by atoms with van der Waals surface area (Å²) in [6, 6.07) is 23.9. The number of amides is 7. The third-order valence-electron chi connectivity index (χ3n) is 12.0. The smallest absolute Gasteiger partial charge is 0.429 e. The molecule has 0 bridgehead atoms. The van der Waals surface area contributed by atoms with E-state index in [0.29, 0.717) is 44.2 Å². The van der Waals surface area contributed by atoms with Crippen LogP contribution in [-0.2, 0) is 67.2 Å². The SMILES string of the molecule is C=Cc1ccccc1N(Cc1ccccc1CC)C(=O)CCC(=O)NCCOCCOCCOCCOCCC(=O)N[C@H](C(=O)N[C@@H](CCCNC(N)=O)C(=O)Nc1ccc(COC(=O)Oc2ccc([N+](=O)[O-])cc2)cc1)C(C)C. The fourth-order valence-electron chi connectivity index (χ4n) is 7.72. The Kier molecular flexibility index (Phi) is 28.9. The molecule has 0 aliphatic heterocycles. The monoisotopic (exact) mass is 1110 g/mol. The number of para-hydroxylation sites is 1. The van der Waals surface area contributed by atoms with Crippen molar-refractivity contribution in [3.8, 4) is 5.75 Å². The molecular weight excluding hydrogens is 1040 g/mol. The van der Waals surface area contributed by atoms with Crippen molar-refractivity contribution in [3.63, 3.8) is 0 Å². The predicted octanol–water partition coefficient (Wildman–Crippen LogP) is 6.11. The number of ether oxygens (including phenoxy) is 6. The zero-order valence-corrected chi connectivity index (χ0v) is 45.6. The van der Waals surface area contributed by atoms with Gasteiger partial charge in [0.05, 0.1) is 70.0 Å². The number of hydrogen-bond acceptors (Lipinski definition) is 15. The highest BCUT2D eigenvalue weighted by Crippen LogP contribution is 2.26. The Morgan fingerprint density at radius 2 is 1.32 bits per heavy atom.